The molecule has 180 valence electrons. The zero-order valence-electron chi connectivity index (χ0n) is 20.0. The third kappa shape index (κ3) is 6.33. The molecule has 0 bridgehead atoms. The van der Waals surface area contributed by atoms with E-state index >= 15 is 0 Å². The Balaban J connectivity index is 1.81. The average molecular weight is 482 g/mol. The summed E-state index contributed by atoms with van der Waals surface area (Å²) in [6, 6.07) is 14.1. The van der Waals surface area contributed by atoms with Gasteiger partial charge in [0.2, 0.25) is 5.91 Å². The molecule has 3 aromatic rings. The van der Waals surface area contributed by atoms with Crippen molar-refractivity contribution in [1.82, 2.24) is 9.55 Å². The Kier molecular flexibility index (Phi) is 9.01. The first-order valence-corrected chi connectivity index (χ1v) is 12.4. The molecule has 0 spiro atoms. The maximum atomic E-state index is 13.2. The van der Waals surface area contributed by atoms with Crippen molar-refractivity contribution in [2.75, 3.05) is 18.5 Å². The molecule has 1 heterocycles. The number of ether oxygens (including phenoxy) is 1. The number of nitrogens with one attached hydrogen (secondary N) is 1. The van der Waals surface area contributed by atoms with Crippen LogP contribution in [-0.2, 0) is 16.1 Å². The third-order valence-electron chi connectivity index (χ3n) is 5.31. The number of thioether (sulfide) groups is 1. The van der Waals surface area contributed by atoms with Crippen molar-refractivity contribution in [3.05, 3.63) is 64.4 Å². The number of ketones is 1. The van der Waals surface area contributed by atoms with Gasteiger partial charge in [-0.25, -0.2) is 4.98 Å². The number of fused-ring (bicyclic) bond motifs is 1. The summed E-state index contributed by atoms with van der Waals surface area (Å²) in [5.74, 6) is -0.277. The fraction of sp³-hybridized carbons (Fsp3) is 0.385. The normalized spacial score (nSPS) is 12.1. The van der Waals surface area contributed by atoms with E-state index in [0.717, 1.165) is 0 Å². The highest BCUT2D eigenvalue weighted by Gasteiger charge is 2.21. The molecule has 0 saturated heterocycles. The van der Waals surface area contributed by atoms with Crippen LogP contribution in [0.25, 0.3) is 10.9 Å². The SMILES string of the molecule is CCOCCCn1c(SC(C)C(=O)c2ccc(NC(=O)C(C)C)cc2)nc2ccccc2c1=O. The summed E-state index contributed by atoms with van der Waals surface area (Å²) in [5, 5.41) is 3.44. The topological polar surface area (TPSA) is 90.3 Å². The minimum Gasteiger partial charge on any atom is -0.382 e. The second kappa shape index (κ2) is 11.9. The summed E-state index contributed by atoms with van der Waals surface area (Å²) in [4.78, 5) is 42.8. The van der Waals surface area contributed by atoms with Gasteiger partial charge in [-0.3, -0.25) is 19.0 Å². The molecule has 7 nitrogen and oxygen atoms in total. The maximum Gasteiger partial charge on any atom is 0.262 e. The fourth-order valence-corrected chi connectivity index (χ4v) is 4.37. The van der Waals surface area contributed by atoms with Crippen molar-refractivity contribution < 1.29 is 14.3 Å². The molecule has 2 aromatic carbocycles. The third-order valence-corrected chi connectivity index (χ3v) is 6.40. The van der Waals surface area contributed by atoms with E-state index in [9.17, 15) is 14.4 Å². The Bertz CT molecular complexity index is 1200. The maximum absolute atomic E-state index is 13.2. The standard InChI is InChI=1S/C26H31N3O4S/c1-5-33-16-8-15-29-25(32)21-9-6-7-10-22(21)28-26(29)34-18(4)23(30)19-11-13-20(14-12-19)27-24(31)17(2)3/h6-7,9-14,17-18H,5,8,15-16H2,1-4H3,(H,27,31). The zero-order chi connectivity index (χ0) is 24.7. The van der Waals surface area contributed by atoms with Gasteiger partial charge in [0.25, 0.3) is 5.56 Å². The Morgan fingerprint density at radius 3 is 2.47 bits per heavy atom. The summed E-state index contributed by atoms with van der Waals surface area (Å²) >= 11 is 1.28. The van der Waals surface area contributed by atoms with Crippen LogP contribution in [0.5, 0.6) is 0 Å². The number of benzene rings is 2. The van der Waals surface area contributed by atoms with Gasteiger partial charge in [-0.05, 0) is 56.7 Å². The lowest BCUT2D eigenvalue weighted by Gasteiger charge is -2.16. The number of aromatic nitrogens is 2. The number of anilines is 1. The Morgan fingerprint density at radius 1 is 1.09 bits per heavy atom. The van der Waals surface area contributed by atoms with Gasteiger partial charge in [0, 0.05) is 36.9 Å². The molecule has 8 heteroatoms. The quantitative estimate of drug-likeness (QED) is 0.183. The van der Waals surface area contributed by atoms with Crippen LogP contribution in [0, 0.1) is 5.92 Å². The van der Waals surface area contributed by atoms with Crippen LogP contribution >= 0.6 is 11.8 Å². The lowest BCUT2D eigenvalue weighted by molar-refractivity contribution is -0.118. The van der Waals surface area contributed by atoms with Crippen molar-refractivity contribution in [1.29, 1.82) is 0 Å². The van der Waals surface area contributed by atoms with E-state index in [1.807, 2.05) is 45.9 Å². The number of para-hydroxylation sites is 1. The van der Waals surface area contributed by atoms with Crippen molar-refractivity contribution >= 4 is 40.0 Å². The Labute approximate surface area is 203 Å². The van der Waals surface area contributed by atoms with E-state index in [-0.39, 0.29) is 23.2 Å². The van der Waals surface area contributed by atoms with Crippen LogP contribution in [0.15, 0.2) is 58.5 Å². The molecule has 1 atom stereocenters. The first kappa shape index (κ1) is 25.6. The van der Waals surface area contributed by atoms with E-state index in [1.54, 1.807) is 34.9 Å². The van der Waals surface area contributed by atoms with Crippen LogP contribution in [0.3, 0.4) is 0 Å². The minimum absolute atomic E-state index is 0.0741. The first-order chi connectivity index (χ1) is 16.3. The predicted octanol–water partition coefficient (Wildman–Crippen LogP) is 4.78. The summed E-state index contributed by atoms with van der Waals surface area (Å²) in [7, 11) is 0. The van der Waals surface area contributed by atoms with Crippen molar-refractivity contribution in [2.24, 2.45) is 5.92 Å². The highest BCUT2D eigenvalue weighted by atomic mass is 32.2. The van der Waals surface area contributed by atoms with Crippen molar-refractivity contribution in [2.45, 2.75) is 51.1 Å². The highest BCUT2D eigenvalue weighted by Crippen LogP contribution is 2.26. The lowest BCUT2D eigenvalue weighted by atomic mass is 10.1. The molecular formula is C26H31N3O4S. The Hall–Kier alpha value is -2.97. The van der Waals surface area contributed by atoms with E-state index < -0.39 is 5.25 Å². The van der Waals surface area contributed by atoms with Gasteiger partial charge < -0.3 is 10.1 Å². The number of Topliss-reactive ketones (excluding diaryl/α,β-unsaturated/α-hetero) is 1. The van der Waals surface area contributed by atoms with Crippen LogP contribution in [0.2, 0.25) is 0 Å². The predicted molar refractivity (Wildman–Crippen MR) is 137 cm³/mol. The smallest absolute Gasteiger partial charge is 0.262 e. The van der Waals surface area contributed by atoms with E-state index in [2.05, 4.69) is 5.32 Å². The highest BCUT2D eigenvalue weighted by molar-refractivity contribution is 8.00. The Morgan fingerprint density at radius 2 is 1.79 bits per heavy atom. The molecule has 1 amide bonds. The van der Waals surface area contributed by atoms with Crippen LogP contribution in [0.1, 0.15) is 44.5 Å². The number of hydrogen-bond acceptors (Lipinski definition) is 6. The molecular weight excluding hydrogens is 450 g/mol. The monoisotopic (exact) mass is 481 g/mol. The molecule has 1 N–H and O–H groups in total. The molecule has 1 unspecified atom stereocenters. The average Bonchev–Trinajstić information content (AvgIpc) is 2.83. The number of hydrogen-bond donors (Lipinski definition) is 1. The largest absolute Gasteiger partial charge is 0.382 e. The summed E-state index contributed by atoms with van der Waals surface area (Å²) in [6.45, 7) is 9.03. The van der Waals surface area contributed by atoms with Crippen LogP contribution in [0.4, 0.5) is 5.69 Å². The van der Waals surface area contributed by atoms with Gasteiger partial charge in [0.15, 0.2) is 10.9 Å². The lowest BCUT2D eigenvalue weighted by Crippen LogP contribution is -2.25. The number of rotatable bonds is 11. The second-order valence-corrected chi connectivity index (χ2v) is 9.57. The number of nitrogens with zero attached hydrogens (tertiary/aromatic N) is 2. The van der Waals surface area contributed by atoms with Gasteiger partial charge in [-0.15, -0.1) is 0 Å². The molecule has 34 heavy (non-hydrogen) atoms. The molecule has 0 aliphatic heterocycles. The van der Waals surface area contributed by atoms with Gasteiger partial charge in [0.05, 0.1) is 16.2 Å². The van der Waals surface area contributed by atoms with Crippen molar-refractivity contribution in [3.63, 3.8) is 0 Å². The van der Waals surface area contributed by atoms with E-state index in [0.29, 0.717) is 53.5 Å². The molecule has 0 aliphatic rings. The van der Waals surface area contributed by atoms with Crippen LogP contribution in [-0.4, -0.2) is 39.7 Å². The van der Waals surface area contributed by atoms with Gasteiger partial charge in [0.1, 0.15) is 0 Å². The molecule has 0 fully saturated rings. The molecule has 1 aromatic heterocycles. The molecule has 0 radical (unpaired) electrons. The summed E-state index contributed by atoms with van der Waals surface area (Å²) in [5.41, 5.74) is 1.68. The summed E-state index contributed by atoms with van der Waals surface area (Å²) in [6.07, 6.45) is 0.674. The van der Waals surface area contributed by atoms with Crippen LogP contribution < -0.4 is 10.9 Å². The number of amides is 1. The fourth-order valence-electron chi connectivity index (χ4n) is 3.35. The van der Waals surface area contributed by atoms with E-state index in [1.165, 1.54) is 11.8 Å². The first-order valence-electron chi connectivity index (χ1n) is 11.5. The molecule has 3 rings (SSSR count). The van der Waals surface area contributed by atoms with Gasteiger partial charge in [-0.1, -0.05) is 37.7 Å². The van der Waals surface area contributed by atoms with Gasteiger partial charge in [-0.2, -0.15) is 0 Å². The molecule has 0 saturated carbocycles. The second-order valence-electron chi connectivity index (χ2n) is 8.26. The summed E-state index contributed by atoms with van der Waals surface area (Å²) < 4.78 is 7.06. The van der Waals surface area contributed by atoms with Crippen molar-refractivity contribution in [3.8, 4) is 0 Å². The molecule has 0 aliphatic carbocycles. The number of carbonyl (C=O) groups excluding carboxylic acids is 2. The number of carbonyl (C=O) groups is 2. The zero-order valence-corrected chi connectivity index (χ0v) is 20.9. The van der Waals surface area contributed by atoms with Gasteiger partial charge >= 0.3 is 0 Å². The minimum atomic E-state index is -0.456. The van der Waals surface area contributed by atoms with E-state index in [4.69, 9.17) is 9.72 Å².